The second-order valence-electron chi connectivity index (χ2n) is 3.06. The molecule has 20 heavy (non-hydrogen) atoms. The van der Waals surface area contributed by atoms with Crippen molar-refractivity contribution in [3.8, 4) is 18.2 Å². The zero-order valence-electron chi connectivity index (χ0n) is 10.3. The van der Waals surface area contributed by atoms with Gasteiger partial charge in [-0.2, -0.15) is 25.5 Å². The Hall–Kier alpha value is -3.66. The molecule has 0 aromatic heterocycles. The Labute approximate surface area is 115 Å². The summed E-state index contributed by atoms with van der Waals surface area (Å²) in [5.41, 5.74) is -0.220. The Bertz CT molecular complexity index is 800. The van der Waals surface area contributed by atoms with Gasteiger partial charge < -0.3 is 0 Å². The Kier molecular flexibility index (Phi) is 6.89. The third-order valence-electron chi connectivity index (χ3n) is 1.93. The van der Waals surface area contributed by atoms with E-state index in [0.717, 1.165) is 6.07 Å². The van der Waals surface area contributed by atoms with E-state index in [1.54, 1.807) is 18.2 Å². The van der Waals surface area contributed by atoms with Crippen molar-refractivity contribution in [1.29, 1.82) is 15.8 Å². The van der Waals surface area contributed by atoms with Gasteiger partial charge in [-0.1, -0.05) is 12.1 Å². The highest BCUT2D eigenvalue weighted by Gasteiger charge is 2.09. The van der Waals surface area contributed by atoms with E-state index in [2.05, 4.69) is 9.69 Å². The molecule has 0 saturated heterocycles. The Morgan fingerprint density at radius 3 is 2.00 bits per heavy atom. The first-order valence-corrected chi connectivity index (χ1v) is 4.99. The van der Waals surface area contributed by atoms with Crippen LogP contribution in [0.5, 0.6) is 0 Å². The molecule has 0 N–H and O–H groups in total. The maximum absolute atomic E-state index is 13.6. The van der Waals surface area contributed by atoms with Gasteiger partial charge in [-0.05, 0) is 6.07 Å². The largest absolute Gasteiger partial charge is 0.529 e. The van der Waals surface area contributed by atoms with E-state index in [1.165, 1.54) is 19.1 Å². The molecule has 0 aliphatic carbocycles. The van der Waals surface area contributed by atoms with Crippen LogP contribution in [0, 0.1) is 53.0 Å². The molecule has 0 aliphatic heterocycles. The lowest BCUT2D eigenvalue weighted by molar-refractivity contribution is 0.617. The predicted molar refractivity (Wildman–Crippen MR) is 68.2 cm³/mol. The molecule has 0 amide bonds. The first kappa shape index (κ1) is 16.3. The maximum Gasteiger partial charge on any atom is 0.529 e. The van der Waals surface area contributed by atoms with E-state index < -0.39 is 5.82 Å². The van der Waals surface area contributed by atoms with Crippen LogP contribution in [-0.4, -0.2) is 0 Å². The van der Waals surface area contributed by atoms with Crippen molar-refractivity contribution >= 4 is 11.4 Å². The standard InChI is InChI=1S/C12H3FN4.C2H3N/c1-16-12(17-2)10-4-3-8(5-11(10)13)9(6-14)7-15;1-2-3/h3-5H;1H3. The summed E-state index contributed by atoms with van der Waals surface area (Å²) in [6, 6.07) is 8.52. The van der Waals surface area contributed by atoms with Crippen molar-refractivity contribution in [3.05, 3.63) is 57.3 Å². The van der Waals surface area contributed by atoms with Crippen LogP contribution in [0.4, 0.5) is 4.39 Å². The highest BCUT2D eigenvalue weighted by Crippen LogP contribution is 1.98. The minimum Gasteiger partial charge on any atom is -0.207 e. The number of nitriles is 3. The normalized spacial score (nSPS) is 7.25. The SMILES string of the molecule is CC#N.[C-]#[N+]C([N+]#[C-])=c1ccc(=C(C#N)C#N)cc1F. The molecule has 0 saturated carbocycles. The third-order valence-corrected chi connectivity index (χ3v) is 1.93. The summed E-state index contributed by atoms with van der Waals surface area (Å²) in [6.45, 7) is 14.8. The summed E-state index contributed by atoms with van der Waals surface area (Å²) in [4.78, 5) is 5.78. The van der Waals surface area contributed by atoms with Crippen molar-refractivity contribution in [2.24, 2.45) is 0 Å². The molecule has 0 spiro atoms. The maximum atomic E-state index is 13.6. The fraction of sp³-hybridized carbons (Fsp3) is 0.0714. The summed E-state index contributed by atoms with van der Waals surface area (Å²) >= 11 is 0. The van der Waals surface area contributed by atoms with Gasteiger partial charge >= 0.3 is 5.82 Å². The van der Waals surface area contributed by atoms with E-state index in [-0.39, 0.29) is 21.8 Å². The first-order chi connectivity index (χ1) is 9.59. The number of nitrogens with zero attached hydrogens (tertiary/aromatic N) is 5. The van der Waals surface area contributed by atoms with Gasteiger partial charge in [0.1, 0.15) is 41.9 Å². The summed E-state index contributed by atoms with van der Waals surface area (Å²) in [6.07, 6.45) is 0. The van der Waals surface area contributed by atoms with Crippen LogP contribution in [-0.2, 0) is 0 Å². The topological polar surface area (TPSA) is 80.1 Å². The van der Waals surface area contributed by atoms with Crippen molar-refractivity contribution in [3.63, 3.8) is 0 Å². The minimum absolute atomic E-state index is 0.130. The molecule has 94 valence electrons. The Morgan fingerprint density at radius 2 is 1.65 bits per heavy atom. The summed E-state index contributed by atoms with van der Waals surface area (Å²) in [7, 11) is 0. The molecule has 5 nitrogen and oxygen atoms in total. The predicted octanol–water partition coefficient (Wildman–Crippen LogP) is 1.46. The van der Waals surface area contributed by atoms with Crippen LogP contribution in [0.25, 0.3) is 21.1 Å². The van der Waals surface area contributed by atoms with E-state index in [1.807, 2.05) is 0 Å². The van der Waals surface area contributed by atoms with Gasteiger partial charge in [0.2, 0.25) is 0 Å². The van der Waals surface area contributed by atoms with E-state index in [4.69, 9.17) is 28.9 Å². The molecular weight excluding hydrogens is 257 g/mol. The van der Waals surface area contributed by atoms with Crippen LogP contribution in [0.3, 0.4) is 0 Å². The van der Waals surface area contributed by atoms with Crippen LogP contribution >= 0.6 is 0 Å². The summed E-state index contributed by atoms with van der Waals surface area (Å²) < 4.78 is 13.6. The van der Waals surface area contributed by atoms with Gasteiger partial charge in [0, 0.05) is 12.1 Å². The van der Waals surface area contributed by atoms with Crippen molar-refractivity contribution in [2.75, 3.05) is 0 Å². The average Bonchev–Trinajstić information content (AvgIpc) is 2.44. The van der Waals surface area contributed by atoms with Crippen LogP contribution in [0.2, 0.25) is 0 Å². The van der Waals surface area contributed by atoms with E-state index in [9.17, 15) is 4.39 Å². The molecule has 0 aliphatic rings. The van der Waals surface area contributed by atoms with E-state index in [0.29, 0.717) is 0 Å². The fourth-order valence-corrected chi connectivity index (χ4v) is 1.15. The molecule has 0 atom stereocenters. The van der Waals surface area contributed by atoms with Crippen molar-refractivity contribution < 1.29 is 4.39 Å². The third kappa shape index (κ3) is 3.97. The number of halogens is 1. The van der Waals surface area contributed by atoms with Crippen LogP contribution in [0.15, 0.2) is 18.2 Å². The highest BCUT2D eigenvalue weighted by molar-refractivity contribution is 5.72. The average molecular weight is 263 g/mol. The van der Waals surface area contributed by atoms with Gasteiger partial charge in [-0.25, -0.2) is 4.39 Å². The molecule has 1 aromatic rings. The lowest BCUT2D eigenvalue weighted by atomic mass is 10.1. The zero-order chi connectivity index (χ0) is 15.5. The summed E-state index contributed by atoms with van der Waals surface area (Å²) in [5, 5.41) is 24.5. The van der Waals surface area contributed by atoms with Gasteiger partial charge in [0.25, 0.3) is 0 Å². The van der Waals surface area contributed by atoms with Crippen LogP contribution < -0.4 is 10.4 Å². The quantitative estimate of drug-likeness (QED) is 0.664. The summed E-state index contributed by atoms with van der Waals surface area (Å²) in [5.74, 6) is -1.18. The first-order valence-electron chi connectivity index (χ1n) is 4.99. The molecule has 0 unspecified atom stereocenters. The molecule has 0 bridgehead atoms. The molecule has 1 aromatic carbocycles. The molecule has 6 heteroatoms. The second-order valence-corrected chi connectivity index (χ2v) is 3.06. The van der Waals surface area contributed by atoms with Crippen LogP contribution in [0.1, 0.15) is 6.92 Å². The van der Waals surface area contributed by atoms with Gasteiger partial charge in [0.05, 0.1) is 6.07 Å². The lowest BCUT2D eigenvalue weighted by Gasteiger charge is -1.89. The minimum atomic E-state index is -0.799. The Morgan fingerprint density at radius 1 is 1.15 bits per heavy atom. The molecule has 1 rings (SSSR count). The van der Waals surface area contributed by atoms with Gasteiger partial charge in [-0.3, -0.25) is 0 Å². The molecule has 0 radical (unpaired) electrons. The number of benzene rings is 1. The van der Waals surface area contributed by atoms with Crippen molar-refractivity contribution in [1.82, 2.24) is 0 Å². The number of hydrogen-bond donors (Lipinski definition) is 0. The second kappa shape index (κ2) is 8.43. The molecule has 0 heterocycles. The number of rotatable bonds is 0. The monoisotopic (exact) mass is 263 g/mol. The van der Waals surface area contributed by atoms with Crippen molar-refractivity contribution in [2.45, 2.75) is 6.92 Å². The zero-order valence-corrected chi connectivity index (χ0v) is 10.3. The van der Waals surface area contributed by atoms with Gasteiger partial charge in [0.15, 0.2) is 0 Å². The molecular formula is C14H6FN5. The number of hydrogen-bond acceptors (Lipinski definition) is 3. The van der Waals surface area contributed by atoms with Gasteiger partial charge in [-0.15, -0.1) is 0 Å². The smallest absolute Gasteiger partial charge is 0.207 e. The molecule has 0 fully saturated rings. The highest BCUT2D eigenvalue weighted by atomic mass is 19.1. The Balaban J connectivity index is 0.00000110. The van der Waals surface area contributed by atoms with E-state index >= 15 is 0 Å². The fourth-order valence-electron chi connectivity index (χ4n) is 1.15. The lowest BCUT2D eigenvalue weighted by Crippen LogP contribution is -2.16.